The van der Waals surface area contributed by atoms with Crippen molar-refractivity contribution in [3.63, 3.8) is 0 Å². The summed E-state index contributed by atoms with van der Waals surface area (Å²) in [7, 11) is 3.79. The molecule has 13 heteroatoms. The first-order chi connectivity index (χ1) is 25.4. The van der Waals surface area contributed by atoms with Crippen molar-refractivity contribution in [2.45, 2.75) is 87.5 Å². The molecule has 0 spiro atoms. The first kappa shape index (κ1) is 36.9. The fourth-order valence-corrected chi connectivity index (χ4v) is 6.87. The number of rotatable bonds is 11. The number of nitrogens with zero attached hydrogens (tertiary/aromatic N) is 10. The van der Waals surface area contributed by atoms with Crippen molar-refractivity contribution >= 4 is 39.7 Å². The molecule has 2 aromatic carbocycles. The van der Waals surface area contributed by atoms with E-state index in [9.17, 15) is 14.4 Å². The number of aryl methyl sites for hydroxylation is 6. The van der Waals surface area contributed by atoms with Crippen LogP contribution in [0.3, 0.4) is 0 Å². The molecule has 0 unspecified atom stereocenters. The lowest BCUT2D eigenvalue weighted by atomic mass is 10.1. The van der Waals surface area contributed by atoms with E-state index < -0.39 is 5.91 Å². The summed E-state index contributed by atoms with van der Waals surface area (Å²) in [6, 6.07) is 17.2. The van der Waals surface area contributed by atoms with Crippen molar-refractivity contribution in [2.75, 3.05) is 0 Å². The summed E-state index contributed by atoms with van der Waals surface area (Å²) < 4.78 is 11.3. The number of ketones is 1. The van der Waals surface area contributed by atoms with E-state index in [1.807, 2.05) is 105 Å². The Hall–Kier alpha value is -5.85. The molecule has 53 heavy (non-hydrogen) atoms. The van der Waals surface area contributed by atoms with E-state index in [0.717, 1.165) is 51.0 Å². The predicted octanol–water partition coefficient (Wildman–Crippen LogP) is 5.82. The third-order valence-electron chi connectivity index (χ3n) is 9.81. The van der Waals surface area contributed by atoms with Gasteiger partial charge in [0.2, 0.25) is 11.2 Å². The van der Waals surface area contributed by atoms with E-state index in [0.29, 0.717) is 60.8 Å². The van der Waals surface area contributed by atoms with Gasteiger partial charge in [0.25, 0.3) is 11.8 Å². The lowest BCUT2D eigenvalue weighted by Crippen LogP contribution is -2.28. The number of benzene rings is 2. The van der Waals surface area contributed by atoms with Gasteiger partial charge in [-0.3, -0.25) is 23.7 Å². The highest BCUT2D eigenvalue weighted by atomic mass is 16.2. The minimum Gasteiger partial charge on any atom is -0.313 e. The molecule has 0 N–H and O–H groups in total. The molecule has 4 aromatic heterocycles. The summed E-state index contributed by atoms with van der Waals surface area (Å²) >= 11 is 0. The van der Waals surface area contributed by atoms with Gasteiger partial charge in [0, 0.05) is 52.3 Å². The summed E-state index contributed by atoms with van der Waals surface area (Å²) in [5.74, 6) is -0.675. The summed E-state index contributed by atoms with van der Waals surface area (Å²) in [6.45, 7) is 15.7. The van der Waals surface area contributed by atoms with Crippen LogP contribution in [0.25, 0.3) is 22.1 Å². The van der Waals surface area contributed by atoms with Crippen LogP contribution in [0.1, 0.15) is 90.2 Å². The molecule has 6 aromatic rings. The summed E-state index contributed by atoms with van der Waals surface area (Å²) in [6.07, 6.45) is 1.22. The molecule has 4 heterocycles. The largest absolute Gasteiger partial charge is 0.313 e. The van der Waals surface area contributed by atoms with Gasteiger partial charge in [-0.25, -0.2) is 0 Å². The quantitative estimate of drug-likeness (QED) is 0.123. The molecular weight excluding hydrogens is 669 g/mol. The molecule has 6 rings (SSSR count). The number of aromatic nitrogens is 8. The standard InChI is InChI=1S/C40H48N10O3/c1-10-15-36(51)29-18-19-32-33(22-29)46(9)40(42-38(53)35-21-28(7)44-50(35)12-3)48(32)24-26(5)25(4)23-47-31-17-14-13-16-30(31)45(8)39(47)41-37(52)34-20-27(6)43-49(34)11-2/h13-14,16-22H,10-12,15,23-24H2,1-9H3/b26-25+,41-39?,42-40?. The van der Waals surface area contributed by atoms with Crippen LogP contribution in [-0.4, -0.2) is 55.4 Å². The first-order valence-corrected chi connectivity index (χ1v) is 18.2. The van der Waals surface area contributed by atoms with E-state index in [2.05, 4.69) is 38.6 Å². The second-order valence-corrected chi connectivity index (χ2v) is 13.6. The summed E-state index contributed by atoms with van der Waals surface area (Å²) in [4.78, 5) is 49.6. The van der Waals surface area contributed by atoms with Crippen LogP contribution in [0.2, 0.25) is 0 Å². The minimum atomic E-state index is -0.394. The lowest BCUT2D eigenvalue weighted by molar-refractivity contribution is 0.0974. The highest BCUT2D eigenvalue weighted by molar-refractivity contribution is 5.99. The summed E-state index contributed by atoms with van der Waals surface area (Å²) in [5.41, 5.74) is 9.62. The number of fused-ring (bicyclic) bond motifs is 2. The average Bonchev–Trinajstić information content (AvgIpc) is 3.87. The highest BCUT2D eigenvalue weighted by Gasteiger charge is 2.19. The summed E-state index contributed by atoms with van der Waals surface area (Å²) in [5, 5.41) is 8.90. The van der Waals surface area contributed by atoms with E-state index in [1.54, 1.807) is 21.5 Å². The normalized spacial score (nSPS) is 13.1. The Morgan fingerprint density at radius 1 is 0.642 bits per heavy atom. The fraction of sp³-hybridized carbons (Fsp3) is 0.375. The first-order valence-electron chi connectivity index (χ1n) is 18.2. The number of Topliss-reactive ketones (excluding diaryl/α,β-unsaturated/α-hetero) is 1. The van der Waals surface area contributed by atoms with Crippen LogP contribution >= 0.6 is 0 Å². The molecule has 276 valence electrons. The Bertz CT molecular complexity index is 2580. The highest BCUT2D eigenvalue weighted by Crippen LogP contribution is 2.21. The van der Waals surface area contributed by atoms with Crippen molar-refractivity contribution in [3.05, 3.63) is 105 Å². The molecule has 0 saturated heterocycles. The zero-order valence-corrected chi connectivity index (χ0v) is 32.1. The third kappa shape index (κ3) is 7.03. The number of carbonyl (C=O) groups is 3. The van der Waals surface area contributed by atoms with Crippen LogP contribution in [0.15, 0.2) is 75.7 Å². The van der Waals surface area contributed by atoms with E-state index in [-0.39, 0.29) is 11.7 Å². The number of allylic oxidation sites excluding steroid dienone is 2. The molecule has 13 nitrogen and oxygen atoms in total. The van der Waals surface area contributed by atoms with Crippen LogP contribution in [0.4, 0.5) is 0 Å². The molecule has 0 aliphatic heterocycles. The molecule has 2 amide bonds. The predicted molar refractivity (Wildman–Crippen MR) is 204 cm³/mol. The molecule has 0 aliphatic carbocycles. The van der Waals surface area contributed by atoms with Crippen LogP contribution in [-0.2, 0) is 40.3 Å². The van der Waals surface area contributed by atoms with Crippen molar-refractivity contribution in [1.82, 2.24) is 37.8 Å². The smallest absolute Gasteiger partial charge is 0.298 e. The maximum absolute atomic E-state index is 13.7. The maximum Gasteiger partial charge on any atom is 0.298 e. The van der Waals surface area contributed by atoms with Crippen molar-refractivity contribution < 1.29 is 14.4 Å². The van der Waals surface area contributed by atoms with Gasteiger partial charge in [-0.2, -0.15) is 20.2 Å². The Morgan fingerprint density at radius 3 is 1.60 bits per heavy atom. The van der Waals surface area contributed by atoms with Gasteiger partial charge in [0.15, 0.2) is 5.78 Å². The zero-order chi connectivity index (χ0) is 38.1. The van der Waals surface area contributed by atoms with Gasteiger partial charge in [0.05, 0.1) is 33.5 Å². The molecule has 0 atom stereocenters. The van der Waals surface area contributed by atoms with Crippen molar-refractivity contribution in [3.8, 4) is 0 Å². The SMILES string of the molecule is CCCC(=O)c1ccc2c(c1)n(C)c(=NC(=O)c1cc(C)nn1CC)n2C/C(C)=C(\C)Cn1c(=NC(=O)c2cc(C)nn2CC)n(C)c2ccccc21. The topological polar surface area (TPSA) is 131 Å². The van der Waals surface area contributed by atoms with Crippen LogP contribution < -0.4 is 11.2 Å². The van der Waals surface area contributed by atoms with Crippen LogP contribution in [0.5, 0.6) is 0 Å². The third-order valence-corrected chi connectivity index (χ3v) is 9.81. The molecular formula is C40H48N10O3. The molecule has 0 radical (unpaired) electrons. The second-order valence-electron chi connectivity index (χ2n) is 13.6. The number of carbonyl (C=O) groups excluding carboxylic acids is 3. The average molecular weight is 717 g/mol. The van der Waals surface area contributed by atoms with E-state index in [1.165, 1.54) is 0 Å². The van der Waals surface area contributed by atoms with Gasteiger partial charge < -0.3 is 18.3 Å². The van der Waals surface area contributed by atoms with E-state index >= 15 is 0 Å². The van der Waals surface area contributed by atoms with Gasteiger partial charge in [-0.1, -0.05) is 30.2 Å². The monoisotopic (exact) mass is 716 g/mol. The molecule has 0 saturated carbocycles. The minimum absolute atomic E-state index is 0.0760. The fourth-order valence-electron chi connectivity index (χ4n) is 6.87. The van der Waals surface area contributed by atoms with E-state index in [4.69, 9.17) is 0 Å². The van der Waals surface area contributed by atoms with Gasteiger partial charge in [0.1, 0.15) is 11.4 Å². The molecule has 0 fully saturated rings. The van der Waals surface area contributed by atoms with Crippen molar-refractivity contribution in [1.29, 1.82) is 0 Å². The zero-order valence-electron chi connectivity index (χ0n) is 32.1. The Labute approximate surface area is 308 Å². The second kappa shape index (κ2) is 15.0. The maximum atomic E-state index is 13.7. The van der Waals surface area contributed by atoms with Gasteiger partial charge in [-0.15, -0.1) is 0 Å². The van der Waals surface area contributed by atoms with Crippen molar-refractivity contribution in [2.24, 2.45) is 24.1 Å². The number of hydrogen-bond donors (Lipinski definition) is 0. The Kier molecular flexibility index (Phi) is 10.5. The van der Waals surface area contributed by atoms with Crippen LogP contribution in [0, 0.1) is 13.8 Å². The lowest BCUT2D eigenvalue weighted by Gasteiger charge is -2.12. The number of amides is 2. The van der Waals surface area contributed by atoms with Gasteiger partial charge in [-0.05, 0) is 90.4 Å². The Morgan fingerprint density at radius 2 is 1.11 bits per heavy atom. The molecule has 0 bridgehead atoms. The Balaban J connectivity index is 1.47. The number of hydrogen-bond acceptors (Lipinski definition) is 5. The van der Waals surface area contributed by atoms with Gasteiger partial charge >= 0.3 is 0 Å². The number of imidazole rings is 2. The number of para-hydroxylation sites is 2. The molecule has 0 aliphatic rings.